The van der Waals surface area contributed by atoms with Gasteiger partial charge in [-0.15, -0.1) is 0 Å². The molecule has 1 atom stereocenters. The number of hydrogen-bond donors (Lipinski definition) is 3. The number of carbonyl (C=O) groups is 2. The highest BCUT2D eigenvalue weighted by atomic mass is 32.1. The number of benzene rings is 1. The number of amides is 1. The summed E-state index contributed by atoms with van der Waals surface area (Å²) in [7, 11) is 0. The Labute approximate surface area is 140 Å². The van der Waals surface area contributed by atoms with E-state index >= 15 is 0 Å². The van der Waals surface area contributed by atoms with Crippen LogP contribution in [0, 0.1) is 0 Å². The van der Waals surface area contributed by atoms with Crippen LogP contribution in [0.5, 0.6) is 0 Å². The number of thiocarbonyl (C=S) groups is 1. The van der Waals surface area contributed by atoms with Gasteiger partial charge in [0, 0.05) is 6.42 Å². The number of carboxylic acids is 1. The maximum Gasteiger partial charge on any atom is 0.431 e. The van der Waals surface area contributed by atoms with E-state index < -0.39 is 23.7 Å². The van der Waals surface area contributed by atoms with Crippen LogP contribution in [0.25, 0.3) is 0 Å². The van der Waals surface area contributed by atoms with Gasteiger partial charge in [0.2, 0.25) is 0 Å². The van der Waals surface area contributed by atoms with Crippen molar-refractivity contribution in [3.63, 3.8) is 0 Å². The third kappa shape index (κ3) is 6.62. The summed E-state index contributed by atoms with van der Waals surface area (Å²) in [5, 5.41) is 9.77. The van der Waals surface area contributed by atoms with Gasteiger partial charge in [-0.3, -0.25) is 4.79 Å². The Bertz CT molecular complexity index is 572. The number of nitrogens with one attached hydrogen (secondary N) is 1. The van der Waals surface area contributed by atoms with Crippen molar-refractivity contribution >= 4 is 29.4 Å². The van der Waals surface area contributed by atoms with Crippen LogP contribution < -0.4 is 11.2 Å². The van der Waals surface area contributed by atoms with Crippen LogP contribution in [-0.4, -0.2) is 38.9 Å². The van der Waals surface area contributed by atoms with Gasteiger partial charge in [-0.05, 0) is 38.6 Å². The maximum atomic E-state index is 12.1. The largest absolute Gasteiger partial charge is 0.480 e. The smallest absolute Gasteiger partial charge is 0.431 e. The summed E-state index contributed by atoms with van der Waals surface area (Å²) in [6.45, 7) is 5.05. The lowest BCUT2D eigenvalue weighted by Crippen LogP contribution is -2.57. The molecule has 0 fully saturated rings. The lowest BCUT2D eigenvalue weighted by Gasteiger charge is -2.28. The Kier molecular flexibility index (Phi) is 6.47. The number of rotatable bonds is 5. The minimum atomic E-state index is -1.14. The first-order valence-corrected chi connectivity index (χ1v) is 7.36. The molecule has 0 spiro atoms. The molecular weight excluding hydrogens is 318 g/mol. The molecule has 0 radical (unpaired) electrons. The zero-order valence-corrected chi connectivity index (χ0v) is 14.1. The van der Waals surface area contributed by atoms with Gasteiger partial charge in [-0.25, -0.2) is 10.2 Å². The third-order valence-electron chi connectivity index (χ3n) is 2.66. The van der Waals surface area contributed by atoms with E-state index in [0.717, 1.165) is 10.6 Å². The van der Waals surface area contributed by atoms with Gasteiger partial charge < -0.3 is 15.6 Å². The monoisotopic (exact) mass is 339 g/mol. The molecule has 126 valence electrons. The van der Waals surface area contributed by atoms with E-state index in [2.05, 4.69) is 5.43 Å². The number of ether oxygens (including phenoxy) is 1. The van der Waals surface area contributed by atoms with Crippen molar-refractivity contribution in [1.29, 1.82) is 0 Å². The first-order valence-electron chi connectivity index (χ1n) is 6.95. The fourth-order valence-corrected chi connectivity index (χ4v) is 1.83. The molecular formula is C15H21N3O4S. The van der Waals surface area contributed by atoms with Crippen molar-refractivity contribution < 1.29 is 19.4 Å². The Morgan fingerprint density at radius 3 is 2.35 bits per heavy atom. The second-order valence-electron chi connectivity index (χ2n) is 5.86. The highest BCUT2D eigenvalue weighted by Crippen LogP contribution is 2.10. The normalized spacial score (nSPS) is 12.3. The van der Waals surface area contributed by atoms with Gasteiger partial charge in [0.15, 0.2) is 5.11 Å². The number of hydrogen-bond acceptors (Lipinski definition) is 5. The minimum absolute atomic E-state index is 0.151. The molecule has 23 heavy (non-hydrogen) atoms. The Morgan fingerprint density at radius 1 is 1.35 bits per heavy atom. The molecule has 0 aromatic heterocycles. The Balaban J connectivity index is 2.88. The molecule has 0 saturated heterocycles. The van der Waals surface area contributed by atoms with Gasteiger partial charge in [0.05, 0.1) is 0 Å². The van der Waals surface area contributed by atoms with Crippen LogP contribution in [0.4, 0.5) is 4.79 Å². The molecule has 1 aromatic rings. The van der Waals surface area contributed by atoms with Crippen LogP contribution in [-0.2, 0) is 16.0 Å². The van der Waals surface area contributed by atoms with E-state index in [1.54, 1.807) is 45.0 Å². The van der Waals surface area contributed by atoms with E-state index in [1.165, 1.54) is 0 Å². The van der Waals surface area contributed by atoms with Crippen LogP contribution in [0.15, 0.2) is 30.3 Å². The molecule has 0 aliphatic heterocycles. The lowest BCUT2D eigenvalue weighted by atomic mass is 10.1. The first-order chi connectivity index (χ1) is 10.6. The summed E-state index contributed by atoms with van der Waals surface area (Å²) in [6, 6.07) is 7.91. The predicted molar refractivity (Wildman–Crippen MR) is 89.6 cm³/mol. The van der Waals surface area contributed by atoms with Crippen molar-refractivity contribution in [1.82, 2.24) is 10.4 Å². The van der Waals surface area contributed by atoms with E-state index in [4.69, 9.17) is 22.7 Å². The highest BCUT2D eigenvalue weighted by Gasteiger charge is 2.29. The van der Waals surface area contributed by atoms with Crippen LogP contribution >= 0.6 is 12.2 Å². The number of aliphatic carboxylic acids is 1. The maximum absolute atomic E-state index is 12.1. The topological polar surface area (TPSA) is 105 Å². The molecule has 0 aliphatic rings. The third-order valence-corrected chi connectivity index (χ3v) is 2.84. The summed E-state index contributed by atoms with van der Waals surface area (Å²) in [5.74, 6) is -1.14. The summed E-state index contributed by atoms with van der Waals surface area (Å²) < 4.78 is 5.16. The molecule has 1 amide bonds. The standard InChI is InChI=1S/C15H21N3O4S/c1-15(2,3)22-14(21)18(13(16)23)17-11(12(19)20)9-10-7-5-4-6-8-10/h4-8,11,17H,9H2,1-3H3,(H2,16,23)(H,19,20)/t11-/m0/s1. The average Bonchev–Trinajstić information content (AvgIpc) is 2.41. The van der Waals surface area contributed by atoms with E-state index in [0.29, 0.717) is 0 Å². The Morgan fingerprint density at radius 2 is 1.91 bits per heavy atom. The lowest BCUT2D eigenvalue weighted by molar-refractivity contribution is -0.140. The molecule has 1 rings (SSSR count). The van der Waals surface area contributed by atoms with E-state index in [9.17, 15) is 14.7 Å². The van der Waals surface area contributed by atoms with Gasteiger partial charge in [-0.2, -0.15) is 5.01 Å². The molecule has 0 saturated carbocycles. The number of hydrazine groups is 1. The molecule has 0 heterocycles. The number of nitrogens with two attached hydrogens (primary N) is 1. The second-order valence-corrected chi connectivity index (χ2v) is 6.28. The van der Waals surface area contributed by atoms with Gasteiger partial charge in [0.25, 0.3) is 0 Å². The summed E-state index contributed by atoms with van der Waals surface area (Å²) in [4.78, 5) is 23.5. The first kappa shape index (κ1) is 18.9. The van der Waals surface area contributed by atoms with E-state index in [-0.39, 0.29) is 11.5 Å². The zero-order chi connectivity index (χ0) is 17.6. The number of carbonyl (C=O) groups excluding carboxylic acids is 1. The zero-order valence-electron chi connectivity index (χ0n) is 13.3. The van der Waals surface area contributed by atoms with E-state index in [1.807, 2.05) is 6.07 Å². The Hall–Kier alpha value is -2.19. The van der Waals surface area contributed by atoms with Crippen molar-refractivity contribution in [2.45, 2.75) is 38.8 Å². The van der Waals surface area contributed by atoms with Crippen LogP contribution in [0.3, 0.4) is 0 Å². The summed E-state index contributed by atoms with van der Waals surface area (Å²) >= 11 is 4.80. The van der Waals surface area contributed by atoms with Gasteiger partial charge in [0.1, 0.15) is 11.6 Å². The predicted octanol–water partition coefficient (Wildman–Crippen LogP) is 1.67. The quantitative estimate of drug-likeness (QED) is 0.553. The molecule has 0 unspecified atom stereocenters. The minimum Gasteiger partial charge on any atom is -0.480 e. The van der Waals surface area contributed by atoms with Crippen molar-refractivity contribution in [2.75, 3.05) is 0 Å². The van der Waals surface area contributed by atoms with Crippen molar-refractivity contribution in [2.24, 2.45) is 5.73 Å². The average molecular weight is 339 g/mol. The van der Waals surface area contributed by atoms with Crippen LogP contribution in [0.2, 0.25) is 0 Å². The van der Waals surface area contributed by atoms with Gasteiger partial charge >= 0.3 is 12.1 Å². The summed E-state index contributed by atoms with van der Waals surface area (Å²) in [5.41, 5.74) is 8.04. The fraction of sp³-hybridized carbons (Fsp3) is 0.400. The molecule has 7 nitrogen and oxygen atoms in total. The molecule has 4 N–H and O–H groups in total. The van der Waals surface area contributed by atoms with Crippen molar-refractivity contribution in [3.8, 4) is 0 Å². The molecule has 1 aromatic carbocycles. The fourth-order valence-electron chi connectivity index (χ4n) is 1.71. The number of carboxylic acid groups (broad SMARTS) is 1. The van der Waals surface area contributed by atoms with Crippen molar-refractivity contribution in [3.05, 3.63) is 35.9 Å². The molecule has 8 heteroatoms. The van der Waals surface area contributed by atoms with Crippen LogP contribution in [0.1, 0.15) is 26.3 Å². The highest BCUT2D eigenvalue weighted by molar-refractivity contribution is 7.80. The second kappa shape index (κ2) is 7.89. The number of nitrogens with zero attached hydrogens (tertiary/aromatic N) is 1. The molecule has 0 bridgehead atoms. The summed E-state index contributed by atoms with van der Waals surface area (Å²) in [6.07, 6.45) is -0.706. The van der Waals surface area contributed by atoms with Gasteiger partial charge in [-0.1, -0.05) is 30.3 Å². The molecule has 0 aliphatic carbocycles. The SMILES string of the molecule is CC(C)(C)OC(=O)N(N[C@@H](Cc1ccccc1)C(=O)O)C(N)=S.